The molecule has 2 aromatic rings. The van der Waals surface area contributed by atoms with E-state index in [1.54, 1.807) is 6.07 Å². The minimum absolute atomic E-state index is 0.233. The van der Waals surface area contributed by atoms with Crippen molar-refractivity contribution < 1.29 is 9.67 Å². The molecule has 0 radical (unpaired) electrons. The second kappa shape index (κ2) is 9.34. The molecule has 0 aliphatic carbocycles. The summed E-state index contributed by atoms with van der Waals surface area (Å²) in [6.07, 6.45) is 6.79. The first-order chi connectivity index (χ1) is 14.1. The molecule has 0 bridgehead atoms. The Bertz CT molecular complexity index is 864. The van der Waals surface area contributed by atoms with Crippen LogP contribution in [0.5, 0.6) is 5.75 Å². The smallest absolute Gasteiger partial charge is 0.199 e. The Labute approximate surface area is 182 Å². The van der Waals surface area contributed by atoms with Gasteiger partial charge in [0, 0.05) is 28.4 Å². The molecule has 0 aromatic heterocycles. The molecule has 4 nitrogen and oxygen atoms in total. The lowest BCUT2D eigenvalue weighted by Crippen LogP contribution is -2.41. The second-order valence-electron chi connectivity index (χ2n) is 8.15. The SMILES string of the molecule is O=[P@@](c1ccccc1)([C@H](c1cc(Br)ccc1O)N1CCCCC1)N1CCCCC1. The van der Waals surface area contributed by atoms with E-state index in [9.17, 15) is 5.11 Å². The zero-order chi connectivity index (χ0) is 20.3. The van der Waals surface area contributed by atoms with Crippen molar-refractivity contribution in [3.63, 3.8) is 0 Å². The third-order valence-corrected chi connectivity index (χ3v) is 10.3. The standard InChI is InChI=1S/C23H30BrN2O2P/c24-19-12-13-22(27)21(18-19)23(25-14-6-2-7-15-25)29(28,20-10-4-1-5-11-20)26-16-8-3-9-17-26/h1,4-5,10-13,18,23,27H,2-3,6-9,14-17H2/t23-,29+/m1/s1. The Morgan fingerprint density at radius 1 is 0.862 bits per heavy atom. The van der Waals surface area contributed by atoms with Crippen LogP contribution in [0.4, 0.5) is 0 Å². The number of piperidine rings is 2. The van der Waals surface area contributed by atoms with E-state index in [2.05, 4.69) is 25.5 Å². The summed E-state index contributed by atoms with van der Waals surface area (Å²) >= 11 is 3.57. The molecule has 156 valence electrons. The summed E-state index contributed by atoms with van der Waals surface area (Å²) in [5.41, 5.74) is 0.777. The lowest BCUT2D eigenvalue weighted by molar-refractivity contribution is 0.196. The number of phenols is 1. The molecular formula is C23H30BrN2O2P. The highest BCUT2D eigenvalue weighted by molar-refractivity contribution is 9.10. The summed E-state index contributed by atoms with van der Waals surface area (Å²) in [6, 6.07) is 15.5. The molecule has 6 heteroatoms. The summed E-state index contributed by atoms with van der Waals surface area (Å²) < 4.78 is 18.3. The van der Waals surface area contributed by atoms with Crippen LogP contribution in [0.15, 0.2) is 53.0 Å². The zero-order valence-corrected chi connectivity index (χ0v) is 19.3. The van der Waals surface area contributed by atoms with Gasteiger partial charge < -0.3 is 5.11 Å². The van der Waals surface area contributed by atoms with Gasteiger partial charge in [-0.2, -0.15) is 0 Å². The summed E-state index contributed by atoms with van der Waals surface area (Å²) in [5, 5.41) is 11.8. The molecule has 1 N–H and O–H groups in total. The second-order valence-corrected chi connectivity index (χ2v) is 11.9. The lowest BCUT2D eigenvalue weighted by Gasteiger charge is -2.45. The highest BCUT2D eigenvalue weighted by atomic mass is 79.9. The number of benzene rings is 2. The van der Waals surface area contributed by atoms with Gasteiger partial charge in [-0.25, -0.2) is 4.67 Å². The molecule has 2 heterocycles. The Kier molecular flexibility index (Phi) is 6.80. The largest absolute Gasteiger partial charge is 0.508 e. The zero-order valence-electron chi connectivity index (χ0n) is 16.8. The van der Waals surface area contributed by atoms with E-state index in [0.29, 0.717) is 0 Å². The van der Waals surface area contributed by atoms with Gasteiger partial charge in [0.1, 0.15) is 11.5 Å². The van der Waals surface area contributed by atoms with Crippen LogP contribution in [0, 0.1) is 0 Å². The molecule has 0 spiro atoms. The molecule has 0 amide bonds. The Morgan fingerprint density at radius 3 is 2.14 bits per heavy atom. The van der Waals surface area contributed by atoms with Crippen LogP contribution in [-0.2, 0) is 4.57 Å². The van der Waals surface area contributed by atoms with Crippen LogP contribution in [0.1, 0.15) is 49.9 Å². The molecule has 0 saturated carbocycles. The molecule has 2 aliphatic rings. The summed E-state index contributed by atoms with van der Waals surface area (Å²) in [4.78, 5) is 2.37. The van der Waals surface area contributed by atoms with Crippen LogP contribution < -0.4 is 5.30 Å². The third-order valence-electron chi connectivity index (χ3n) is 6.21. The van der Waals surface area contributed by atoms with Gasteiger partial charge in [0.15, 0.2) is 7.29 Å². The van der Waals surface area contributed by atoms with Gasteiger partial charge in [0.05, 0.1) is 0 Å². The Balaban J connectivity index is 1.90. The van der Waals surface area contributed by atoms with E-state index in [-0.39, 0.29) is 11.5 Å². The van der Waals surface area contributed by atoms with Crippen molar-refractivity contribution in [2.75, 3.05) is 26.2 Å². The predicted molar refractivity (Wildman–Crippen MR) is 123 cm³/mol. The predicted octanol–water partition coefficient (Wildman–Crippen LogP) is 5.73. The molecule has 4 rings (SSSR count). The maximum atomic E-state index is 15.2. The van der Waals surface area contributed by atoms with Crippen LogP contribution >= 0.6 is 23.2 Å². The molecule has 0 unspecified atom stereocenters. The first-order valence-corrected chi connectivity index (χ1v) is 13.3. The van der Waals surface area contributed by atoms with E-state index in [1.807, 2.05) is 42.5 Å². The van der Waals surface area contributed by atoms with Gasteiger partial charge in [-0.3, -0.25) is 9.46 Å². The van der Waals surface area contributed by atoms with Gasteiger partial charge in [0.25, 0.3) is 0 Å². The Morgan fingerprint density at radius 2 is 1.48 bits per heavy atom. The maximum Gasteiger partial charge on any atom is 0.199 e. The van der Waals surface area contributed by atoms with Crippen molar-refractivity contribution in [3.8, 4) is 5.75 Å². The van der Waals surface area contributed by atoms with Crippen molar-refractivity contribution in [3.05, 3.63) is 58.6 Å². The van der Waals surface area contributed by atoms with Gasteiger partial charge in [-0.1, -0.05) is 59.1 Å². The monoisotopic (exact) mass is 476 g/mol. The van der Waals surface area contributed by atoms with E-state index < -0.39 is 7.29 Å². The summed E-state index contributed by atoms with van der Waals surface area (Å²) in [7, 11) is -3.02. The number of nitrogens with zero attached hydrogens (tertiary/aromatic N) is 2. The number of likely N-dealkylation sites (tertiary alicyclic amines) is 1. The summed E-state index contributed by atoms with van der Waals surface area (Å²) in [6.45, 7) is 3.54. The summed E-state index contributed by atoms with van der Waals surface area (Å²) in [5.74, 6) is -0.0993. The fraction of sp³-hybridized carbons (Fsp3) is 0.478. The minimum atomic E-state index is -3.02. The number of hydrogen-bond acceptors (Lipinski definition) is 3. The van der Waals surface area contributed by atoms with Crippen molar-refractivity contribution in [2.24, 2.45) is 0 Å². The third kappa shape index (κ3) is 4.34. The van der Waals surface area contributed by atoms with Gasteiger partial charge >= 0.3 is 0 Å². The van der Waals surface area contributed by atoms with E-state index >= 15 is 4.57 Å². The quantitative estimate of drug-likeness (QED) is 0.559. The Hall–Kier alpha value is -1.13. The fourth-order valence-corrected chi connectivity index (χ4v) is 8.81. The molecule has 2 saturated heterocycles. The maximum absolute atomic E-state index is 15.2. The van der Waals surface area contributed by atoms with E-state index in [0.717, 1.165) is 67.2 Å². The van der Waals surface area contributed by atoms with Gasteiger partial charge in [0.2, 0.25) is 0 Å². The highest BCUT2D eigenvalue weighted by Crippen LogP contribution is 2.64. The van der Waals surface area contributed by atoms with Crippen molar-refractivity contribution in [1.82, 2.24) is 9.57 Å². The molecule has 2 aromatic carbocycles. The van der Waals surface area contributed by atoms with Crippen molar-refractivity contribution >= 4 is 28.5 Å². The number of rotatable bonds is 5. The molecule has 2 fully saturated rings. The van der Waals surface area contributed by atoms with E-state index in [4.69, 9.17) is 0 Å². The van der Waals surface area contributed by atoms with Crippen LogP contribution in [0.2, 0.25) is 0 Å². The molecular weight excluding hydrogens is 447 g/mol. The number of phenolic OH excluding ortho intramolecular Hbond substituents is 1. The average Bonchev–Trinajstić information content (AvgIpc) is 2.78. The topological polar surface area (TPSA) is 43.8 Å². The first kappa shape index (κ1) is 21.1. The average molecular weight is 477 g/mol. The fourth-order valence-electron chi connectivity index (χ4n) is 4.78. The van der Waals surface area contributed by atoms with E-state index in [1.165, 1.54) is 12.8 Å². The minimum Gasteiger partial charge on any atom is -0.508 e. The molecule has 2 atom stereocenters. The van der Waals surface area contributed by atoms with Crippen molar-refractivity contribution in [1.29, 1.82) is 0 Å². The number of halogens is 1. The number of hydrogen-bond donors (Lipinski definition) is 1. The van der Waals surface area contributed by atoms with Crippen LogP contribution in [0.25, 0.3) is 0 Å². The first-order valence-electron chi connectivity index (χ1n) is 10.7. The van der Waals surface area contributed by atoms with Crippen molar-refractivity contribution in [2.45, 2.75) is 44.3 Å². The number of aromatic hydroxyl groups is 1. The van der Waals surface area contributed by atoms with Crippen LogP contribution in [-0.4, -0.2) is 40.9 Å². The lowest BCUT2D eigenvalue weighted by atomic mass is 10.1. The van der Waals surface area contributed by atoms with Gasteiger partial charge in [-0.15, -0.1) is 0 Å². The molecule has 29 heavy (non-hydrogen) atoms. The van der Waals surface area contributed by atoms with Gasteiger partial charge in [-0.05, 0) is 57.0 Å². The normalized spacial score (nSPS) is 22.1. The highest BCUT2D eigenvalue weighted by Gasteiger charge is 2.46. The molecule has 2 aliphatic heterocycles. The van der Waals surface area contributed by atoms with Crippen LogP contribution in [0.3, 0.4) is 0 Å².